The number of aromatic nitrogens is 2. The summed E-state index contributed by atoms with van der Waals surface area (Å²) in [6.45, 7) is 5.62. The van der Waals surface area contributed by atoms with E-state index in [9.17, 15) is 9.59 Å². The second kappa shape index (κ2) is 7.72. The van der Waals surface area contributed by atoms with Gasteiger partial charge >= 0.3 is 5.97 Å². The molecule has 0 N–H and O–H groups in total. The van der Waals surface area contributed by atoms with Crippen LogP contribution >= 0.6 is 0 Å². The number of nitrogens with zero attached hydrogens (tertiary/aromatic N) is 2. The molecule has 0 saturated carbocycles. The summed E-state index contributed by atoms with van der Waals surface area (Å²) >= 11 is 0. The van der Waals surface area contributed by atoms with Crippen LogP contribution in [-0.4, -0.2) is 28.1 Å². The van der Waals surface area contributed by atoms with Gasteiger partial charge in [-0.2, -0.15) is 5.10 Å². The minimum absolute atomic E-state index is 0.0837. The molecule has 0 aliphatic heterocycles. The van der Waals surface area contributed by atoms with Crippen LogP contribution in [0.15, 0.2) is 42.7 Å². The lowest BCUT2D eigenvalue weighted by atomic mass is 9.89. The van der Waals surface area contributed by atoms with E-state index in [1.807, 2.05) is 36.5 Å². The highest BCUT2D eigenvalue weighted by atomic mass is 16.5. The molecule has 0 aliphatic rings. The van der Waals surface area contributed by atoms with Crippen molar-refractivity contribution in [3.63, 3.8) is 0 Å². The third-order valence-corrected chi connectivity index (χ3v) is 3.63. The van der Waals surface area contributed by atoms with E-state index < -0.39 is 11.9 Å². The number of hydrogen-bond acceptors (Lipinski definition) is 4. The summed E-state index contributed by atoms with van der Waals surface area (Å²) in [5.41, 5.74) is 1.86. The first-order chi connectivity index (χ1) is 11.0. The van der Waals surface area contributed by atoms with E-state index in [-0.39, 0.29) is 18.3 Å². The molecule has 23 heavy (non-hydrogen) atoms. The van der Waals surface area contributed by atoms with E-state index in [1.54, 1.807) is 31.6 Å². The number of ketones is 1. The molecule has 5 heteroatoms. The molecule has 0 bridgehead atoms. The van der Waals surface area contributed by atoms with Crippen LogP contribution in [0.1, 0.15) is 26.3 Å². The predicted molar refractivity (Wildman–Crippen MR) is 87.2 cm³/mol. The first-order valence-electron chi connectivity index (χ1n) is 7.82. The van der Waals surface area contributed by atoms with E-state index in [0.717, 1.165) is 11.3 Å². The molecule has 122 valence electrons. The monoisotopic (exact) mass is 314 g/mol. The number of hydrogen-bond donors (Lipinski definition) is 0. The van der Waals surface area contributed by atoms with Gasteiger partial charge in [-0.1, -0.05) is 26.0 Å². The molecule has 1 unspecified atom stereocenters. The number of carbonyl (C=O) groups excluding carboxylic acids is 2. The third kappa shape index (κ3) is 4.28. The lowest BCUT2D eigenvalue weighted by molar-refractivity contribution is -0.152. The molecule has 1 aromatic heterocycles. The Morgan fingerprint density at radius 1 is 1.22 bits per heavy atom. The van der Waals surface area contributed by atoms with Crippen molar-refractivity contribution in [2.24, 2.45) is 11.8 Å². The van der Waals surface area contributed by atoms with Crippen molar-refractivity contribution in [2.45, 2.75) is 27.2 Å². The first kappa shape index (κ1) is 16.9. The van der Waals surface area contributed by atoms with Gasteiger partial charge in [0.1, 0.15) is 11.7 Å². The van der Waals surface area contributed by atoms with Crippen molar-refractivity contribution in [2.75, 3.05) is 6.61 Å². The molecule has 1 atom stereocenters. The molecule has 2 aromatic rings. The molecule has 2 rings (SSSR count). The van der Waals surface area contributed by atoms with Crippen molar-refractivity contribution < 1.29 is 14.3 Å². The van der Waals surface area contributed by atoms with Crippen LogP contribution in [0, 0.1) is 11.8 Å². The fraction of sp³-hybridized carbons (Fsp3) is 0.389. The standard InChI is InChI=1S/C18H22N2O3/c1-4-23-18(22)16(17(21)13(2)3)12-14-6-8-15(9-7-14)20-11-5-10-19-20/h5-11,13,16H,4,12H2,1-3H3. The van der Waals surface area contributed by atoms with E-state index in [4.69, 9.17) is 4.74 Å². The largest absolute Gasteiger partial charge is 0.465 e. The van der Waals surface area contributed by atoms with Crippen LogP contribution < -0.4 is 0 Å². The summed E-state index contributed by atoms with van der Waals surface area (Å²) in [5, 5.41) is 4.17. The predicted octanol–water partition coefficient (Wildman–Crippen LogP) is 2.82. The van der Waals surface area contributed by atoms with Crippen LogP contribution in [0.3, 0.4) is 0 Å². The lowest BCUT2D eigenvalue weighted by Crippen LogP contribution is -2.31. The van der Waals surface area contributed by atoms with Crippen LogP contribution in [0.4, 0.5) is 0 Å². The molecule has 0 saturated heterocycles. The maximum absolute atomic E-state index is 12.3. The Bertz CT molecular complexity index is 645. The number of benzene rings is 1. The molecule has 0 fully saturated rings. The normalized spacial score (nSPS) is 12.2. The van der Waals surface area contributed by atoms with Crippen LogP contribution in [-0.2, 0) is 20.7 Å². The van der Waals surface area contributed by atoms with Crippen LogP contribution in [0.5, 0.6) is 0 Å². The van der Waals surface area contributed by atoms with Gasteiger partial charge in [0.2, 0.25) is 0 Å². The first-order valence-corrected chi connectivity index (χ1v) is 7.82. The van der Waals surface area contributed by atoms with Crippen LogP contribution in [0.2, 0.25) is 0 Å². The fourth-order valence-corrected chi connectivity index (χ4v) is 2.39. The maximum atomic E-state index is 12.3. The van der Waals surface area contributed by atoms with Crippen molar-refractivity contribution >= 4 is 11.8 Å². The van der Waals surface area contributed by atoms with E-state index in [1.165, 1.54) is 0 Å². The average molecular weight is 314 g/mol. The molecule has 0 spiro atoms. The second-order valence-electron chi connectivity index (χ2n) is 5.68. The van der Waals surface area contributed by atoms with Gasteiger partial charge in [0.25, 0.3) is 0 Å². The number of esters is 1. The summed E-state index contributed by atoms with van der Waals surface area (Å²) in [5.74, 6) is -1.47. The summed E-state index contributed by atoms with van der Waals surface area (Å²) in [4.78, 5) is 24.4. The van der Waals surface area contributed by atoms with Crippen molar-refractivity contribution in [1.29, 1.82) is 0 Å². The highest BCUT2D eigenvalue weighted by molar-refractivity contribution is 6.00. The molecule has 0 aliphatic carbocycles. The molecular formula is C18H22N2O3. The van der Waals surface area contributed by atoms with Gasteiger partial charge in [0, 0.05) is 18.3 Å². The summed E-state index contributed by atoms with van der Waals surface area (Å²) in [7, 11) is 0. The zero-order chi connectivity index (χ0) is 16.8. The zero-order valence-corrected chi connectivity index (χ0v) is 13.7. The molecular weight excluding hydrogens is 292 g/mol. The molecule has 0 radical (unpaired) electrons. The van der Waals surface area contributed by atoms with Gasteiger partial charge in [0.05, 0.1) is 12.3 Å². The van der Waals surface area contributed by atoms with Gasteiger partial charge in [-0.3, -0.25) is 9.59 Å². The highest BCUT2D eigenvalue weighted by Gasteiger charge is 2.29. The van der Waals surface area contributed by atoms with Crippen molar-refractivity contribution in [1.82, 2.24) is 9.78 Å². The maximum Gasteiger partial charge on any atom is 0.316 e. The van der Waals surface area contributed by atoms with Gasteiger partial charge < -0.3 is 4.74 Å². The lowest BCUT2D eigenvalue weighted by Gasteiger charge is -2.17. The van der Waals surface area contributed by atoms with Crippen molar-refractivity contribution in [3.8, 4) is 5.69 Å². The van der Waals surface area contributed by atoms with Gasteiger partial charge in [-0.05, 0) is 37.1 Å². The highest BCUT2D eigenvalue weighted by Crippen LogP contribution is 2.17. The third-order valence-electron chi connectivity index (χ3n) is 3.63. The molecule has 1 aromatic carbocycles. The minimum atomic E-state index is -0.745. The van der Waals surface area contributed by atoms with E-state index in [2.05, 4.69) is 5.10 Å². The molecule has 5 nitrogen and oxygen atoms in total. The number of rotatable bonds is 7. The Labute approximate surface area is 136 Å². The second-order valence-corrected chi connectivity index (χ2v) is 5.68. The quantitative estimate of drug-likeness (QED) is 0.582. The minimum Gasteiger partial charge on any atom is -0.465 e. The van der Waals surface area contributed by atoms with Gasteiger partial charge in [-0.15, -0.1) is 0 Å². The summed E-state index contributed by atoms with van der Waals surface area (Å²) in [6, 6.07) is 9.52. The van der Waals surface area contributed by atoms with Gasteiger partial charge in [-0.25, -0.2) is 4.68 Å². The smallest absolute Gasteiger partial charge is 0.316 e. The van der Waals surface area contributed by atoms with Crippen LogP contribution in [0.25, 0.3) is 5.69 Å². The number of Topliss-reactive ketones (excluding diaryl/α,β-unsaturated/α-hetero) is 1. The Hall–Kier alpha value is -2.43. The number of carbonyl (C=O) groups is 2. The Morgan fingerprint density at radius 3 is 2.43 bits per heavy atom. The molecule has 1 heterocycles. The Kier molecular flexibility index (Phi) is 5.68. The zero-order valence-electron chi connectivity index (χ0n) is 13.7. The van der Waals surface area contributed by atoms with E-state index >= 15 is 0 Å². The molecule has 0 amide bonds. The van der Waals surface area contributed by atoms with Crippen molar-refractivity contribution in [3.05, 3.63) is 48.3 Å². The van der Waals surface area contributed by atoms with Gasteiger partial charge in [0.15, 0.2) is 0 Å². The summed E-state index contributed by atoms with van der Waals surface area (Å²) in [6.07, 6.45) is 3.93. The SMILES string of the molecule is CCOC(=O)C(Cc1ccc(-n2cccn2)cc1)C(=O)C(C)C. The average Bonchev–Trinajstić information content (AvgIpc) is 3.07. The Balaban J connectivity index is 2.15. The Morgan fingerprint density at radius 2 is 1.91 bits per heavy atom. The summed E-state index contributed by atoms with van der Waals surface area (Å²) < 4.78 is 6.81. The topological polar surface area (TPSA) is 61.2 Å². The van der Waals surface area contributed by atoms with E-state index in [0.29, 0.717) is 6.42 Å². The number of ether oxygens (including phenoxy) is 1. The fourth-order valence-electron chi connectivity index (χ4n) is 2.39.